The zero-order chi connectivity index (χ0) is 27.9. The standard InChI is InChI=1S/C30H41N3O6/c1-5-6-15-32(16-7-14-31(2)3)27(34)19-33-18-24(22-10-13-25-26(17-22)39-20-38-25)28(30(35)36)29(33)21-8-11-23(37-4)12-9-21/h8-13,17,24,28-29H,5-7,14-16,18-20H2,1-4H3,(H,35,36)/t24?,28-,29+/m0/s1. The first-order valence-electron chi connectivity index (χ1n) is 13.7. The molecule has 9 nitrogen and oxygen atoms in total. The molecule has 1 N–H and O–H groups in total. The minimum absolute atomic E-state index is 0.0381. The summed E-state index contributed by atoms with van der Waals surface area (Å²) < 4.78 is 16.4. The Hall–Kier alpha value is -3.30. The summed E-state index contributed by atoms with van der Waals surface area (Å²) in [6.07, 6.45) is 2.83. The maximum absolute atomic E-state index is 13.7. The van der Waals surface area contributed by atoms with E-state index in [9.17, 15) is 14.7 Å². The second kappa shape index (κ2) is 13.2. The van der Waals surface area contributed by atoms with Crippen LogP contribution < -0.4 is 14.2 Å². The average Bonchev–Trinajstić information content (AvgIpc) is 3.54. The van der Waals surface area contributed by atoms with Crippen LogP contribution in [-0.4, -0.2) is 92.4 Å². The van der Waals surface area contributed by atoms with Gasteiger partial charge in [-0.3, -0.25) is 14.5 Å². The molecule has 0 aliphatic carbocycles. The summed E-state index contributed by atoms with van der Waals surface area (Å²) in [6.45, 7) is 5.18. The molecule has 9 heteroatoms. The van der Waals surface area contributed by atoms with Gasteiger partial charge in [0.15, 0.2) is 11.5 Å². The molecule has 39 heavy (non-hydrogen) atoms. The fraction of sp³-hybridized carbons (Fsp3) is 0.533. The van der Waals surface area contributed by atoms with Gasteiger partial charge in [-0.05, 0) is 68.9 Å². The number of rotatable bonds is 13. The number of aliphatic carboxylic acids is 1. The maximum Gasteiger partial charge on any atom is 0.309 e. The van der Waals surface area contributed by atoms with E-state index in [-0.39, 0.29) is 25.2 Å². The van der Waals surface area contributed by atoms with Crippen molar-refractivity contribution in [3.8, 4) is 17.2 Å². The third-order valence-electron chi connectivity index (χ3n) is 7.67. The molecule has 2 aliphatic heterocycles. The zero-order valence-corrected chi connectivity index (χ0v) is 23.5. The van der Waals surface area contributed by atoms with Crippen LogP contribution in [0.5, 0.6) is 17.2 Å². The number of carboxylic acids is 1. The molecular weight excluding hydrogens is 498 g/mol. The predicted molar refractivity (Wildman–Crippen MR) is 148 cm³/mol. The van der Waals surface area contributed by atoms with Crippen molar-refractivity contribution in [2.75, 3.05) is 60.7 Å². The summed E-state index contributed by atoms with van der Waals surface area (Å²) in [7, 11) is 5.67. The minimum atomic E-state index is -0.887. The fourth-order valence-electron chi connectivity index (χ4n) is 5.63. The van der Waals surface area contributed by atoms with Crippen molar-refractivity contribution in [2.45, 2.75) is 38.1 Å². The van der Waals surface area contributed by atoms with E-state index in [1.807, 2.05) is 66.4 Å². The Morgan fingerprint density at radius 2 is 1.69 bits per heavy atom. The van der Waals surface area contributed by atoms with Gasteiger partial charge in [0.1, 0.15) is 5.75 Å². The van der Waals surface area contributed by atoms with E-state index in [1.165, 1.54) is 0 Å². The molecule has 0 spiro atoms. The number of hydrogen-bond donors (Lipinski definition) is 1. The van der Waals surface area contributed by atoms with Crippen LogP contribution in [0.3, 0.4) is 0 Å². The number of methoxy groups -OCH3 is 1. The number of hydrogen-bond acceptors (Lipinski definition) is 7. The largest absolute Gasteiger partial charge is 0.497 e. The van der Waals surface area contributed by atoms with Gasteiger partial charge in [-0.15, -0.1) is 0 Å². The normalized spacial score (nSPS) is 20.4. The first kappa shape index (κ1) is 28.7. The van der Waals surface area contributed by atoms with Crippen molar-refractivity contribution < 1.29 is 28.9 Å². The molecule has 212 valence electrons. The molecule has 1 unspecified atom stereocenters. The highest BCUT2D eigenvalue weighted by atomic mass is 16.7. The minimum Gasteiger partial charge on any atom is -0.497 e. The molecule has 0 aromatic heterocycles. The van der Waals surface area contributed by atoms with Crippen molar-refractivity contribution in [3.05, 3.63) is 53.6 Å². The van der Waals surface area contributed by atoms with Crippen molar-refractivity contribution in [2.24, 2.45) is 5.92 Å². The lowest BCUT2D eigenvalue weighted by molar-refractivity contribution is -0.144. The first-order valence-corrected chi connectivity index (χ1v) is 13.7. The third-order valence-corrected chi connectivity index (χ3v) is 7.67. The van der Waals surface area contributed by atoms with Crippen molar-refractivity contribution in [3.63, 3.8) is 0 Å². The Balaban J connectivity index is 1.64. The smallest absolute Gasteiger partial charge is 0.309 e. The lowest BCUT2D eigenvalue weighted by Gasteiger charge is -2.30. The molecule has 0 saturated carbocycles. The number of likely N-dealkylation sites (tertiary alicyclic amines) is 1. The number of carboxylic acid groups (broad SMARTS) is 1. The van der Waals surface area contributed by atoms with E-state index in [0.29, 0.717) is 36.9 Å². The van der Waals surface area contributed by atoms with E-state index in [1.54, 1.807) is 7.11 Å². The number of unbranched alkanes of at least 4 members (excludes halogenated alkanes) is 1. The third kappa shape index (κ3) is 6.83. The van der Waals surface area contributed by atoms with Gasteiger partial charge in [-0.25, -0.2) is 0 Å². The summed E-state index contributed by atoms with van der Waals surface area (Å²) in [6, 6.07) is 12.7. The van der Waals surface area contributed by atoms with Gasteiger partial charge < -0.3 is 29.1 Å². The number of carbonyl (C=O) groups is 2. The highest BCUT2D eigenvalue weighted by Gasteiger charge is 2.48. The second-order valence-electron chi connectivity index (χ2n) is 10.6. The van der Waals surface area contributed by atoms with E-state index < -0.39 is 17.9 Å². The topological polar surface area (TPSA) is 91.8 Å². The number of amides is 1. The van der Waals surface area contributed by atoms with Gasteiger partial charge in [-0.2, -0.15) is 0 Å². The van der Waals surface area contributed by atoms with E-state index in [2.05, 4.69) is 11.8 Å². The number of ether oxygens (including phenoxy) is 3. The monoisotopic (exact) mass is 539 g/mol. The molecule has 3 atom stereocenters. The number of nitrogens with zero attached hydrogens (tertiary/aromatic N) is 3. The van der Waals surface area contributed by atoms with Gasteiger partial charge in [0.25, 0.3) is 0 Å². The van der Waals surface area contributed by atoms with Crippen LogP contribution in [0.1, 0.15) is 49.3 Å². The van der Waals surface area contributed by atoms with E-state index in [0.717, 1.165) is 36.9 Å². The van der Waals surface area contributed by atoms with Crippen LogP contribution in [0.4, 0.5) is 0 Å². The molecule has 0 radical (unpaired) electrons. The SMILES string of the molecule is CCCCN(CCCN(C)C)C(=O)CN1CC(c2ccc3c(c2)OCO3)[C@H](C(=O)O)[C@H]1c1ccc(OC)cc1. The molecule has 2 aromatic rings. The summed E-state index contributed by atoms with van der Waals surface area (Å²) in [5.74, 6) is 0.0632. The van der Waals surface area contributed by atoms with Crippen LogP contribution in [0.25, 0.3) is 0 Å². The van der Waals surface area contributed by atoms with Gasteiger partial charge in [0.2, 0.25) is 12.7 Å². The number of benzene rings is 2. The van der Waals surface area contributed by atoms with E-state index >= 15 is 0 Å². The average molecular weight is 540 g/mol. The van der Waals surface area contributed by atoms with Gasteiger partial charge in [0.05, 0.1) is 19.6 Å². The second-order valence-corrected chi connectivity index (χ2v) is 10.6. The first-order chi connectivity index (χ1) is 18.8. The summed E-state index contributed by atoms with van der Waals surface area (Å²) >= 11 is 0. The van der Waals surface area contributed by atoms with Crippen molar-refractivity contribution >= 4 is 11.9 Å². The van der Waals surface area contributed by atoms with Gasteiger partial charge in [0, 0.05) is 31.6 Å². The molecule has 1 amide bonds. The van der Waals surface area contributed by atoms with Crippen LogP contribution in [-0.2, 0) is 9.59 Å². The molecule has 2 heterocycles. The molecular formula is C30H41N3O6. The lowest BCUT2D eigenvalue weighted by Crippen LogP contribution is -2.42. The fourth-order valence-corrected chi connectivity index (χ4v) is 5.63. The summed E-state index contributed by atoms with van der Waals surface area (Å²) in [5, 5.41) is 10.5. The highest BCUT2D eigenvalue weighted by Crippen LogP contribution is 2.47. The Bertz CT molecular complexity index is 1120. The lowest BCUT2D eigenvalue weighted by atomic mass is 9.82. The number of carbonyl (C=O) groups excluding carboxylic acids is 1. The Kier molecular flexibility index (Phi) is 9.69. The zero-order valence-electron chi connectivity index (χ0n) is 23.5. The Labute approximate surface area is 231 Å². The molecule has 4 rings (SSSR count). The molecule has 1 fully saturated rings. The quantitative estimate of drug-likeness (QED) is 0.411. The van der Waals surface area contributed by atoms with Crippen LogP contribution in [0, 0.1) is 5.92 Å². The van der Waals surface area contributed by atoms with Gasteiger partial charge >= 0.3 is 5.97 Å². The predicted octanol–water partition coefficient (Wildman–Crippen LogP) is 3.85. The maximum atomic E-state index is 13.7. The molecule has 0 bridgehead atoms. The summed E-state index contributed by atoms with van der Waals surface area (Å²) in [5.41, 5.74) is 1.72. The molecule has 2 aliphatic rings. The highest BCUT2D eigenvalue weighted by molar-refractivity contribution is 5.79. The Morgan fingerprint density at radius 3 is 2.36 bits per heavy atom. The van der Waals surface area contributed by atoms with Crippen LogP contribution in [0.2, 0.25) is 0 Å². The number of fused-ring (bicyclic) bond motifs is 1. The molecule has 2 aromatic carbocycles. The van der Waals surface area contributed by atoms with Gasteiger partial charge in [-0.1, -0.05) is 31.5 Å². The van der Waals surface area contributed by atoms with Crippen LogP contribution in [0.15, 0.2) is 42.5 Å². The summed E-state index contributed by atoms with van der Waals surface area (Å²) in [4.78, 5) is 32.6. The van der Waals surface area contributed by atoms with E-state index in [4.69, 9.17) is 14.2 Å². The van der Waals surface area contributed by atoms with Crippen molar-refractivity contribution in [1.29, 1.82) is 0 Å². The molecule has 1 saturated heterocycles. The van der Waals surface area contributed by atoms with Crippen molar-refractivity contribution in [1.82, 2.24) is 14.7 Å². The Morgan fingerprint density at radius 1 is 1.00 bits per heavy atom. The van der Waals surface area contributed by atoms with Crippen LogP contribution >= 0.6 is 0 Å².